The maximum absolute atomic E-state index is 12.0. The van der Waals surface area contributed by atoms with Gasteiger partial charge in [-0.3, -0.25) is 25.0 Å². The Morgan fingerprint density at radius 2 is 1.80 bits per heavy atom. The monoisotopic (exact) mass is 408 g/mol. The van der Waals surface area contributed by atoms with Crippen LogP contribution in [0.4, 0.5) is 11.4 Å². The summed E-state index contributed by atoms with van der Waals surface area (Å²) in [6.45, 7) is 0. The highest BCUT2D eigenvalue weighted by Crippen LogP contribution is 2.32. The number of phenols is 1. The number of para-hydroxylation sites is 1. The van der Waals surface area contributed by atoms with Gasteiger partial charge < -0.3 is 5.11 Å². The zero-order chi connectivity index (χ0) is 18.6. The van der Waals surface area contributed by atoms with Crippen molar-refractivity contribution in [3.05, 3.63) is 72.2 Å². The molecule has 128 valence electrons. The molecular weight excluding hydrogens is 400 g/mol. The van der Waals surface area contributed by atoms with Crippen molar-refractivity contribution >= 4 is 39.4 Å². The molecule has 0 saturated heterocycles. The number of nitrogens with zero attached hydrogens (tertiary/aromatic N) is 3. The standard InChI is InChI=1S/C14H9BrN4O6/c15-9-5-8(13(20)12(6-9)19(24)25)7-16-17-14(21)10-3-1-2-4-11(10)18(22)23/h1-7,20H,(H,17,21). The Morgan fingerprint density at radius 1 is 1.16 bits per heavy atom. The van der Waals surface area contributed by atoms with Crippen LogP contribution in [0.3, 0.4) is 0 Å². The normalized spacial score (nSPS) is 10.6. The minimum absolute atomic E-state index is 0.0241. The lowest BCUT2D eigenvalue weighted by Crippen LogP contribution is -2.19. The van der Waals surface area contributed by atoms with Gasteiger partial charge >= 0.3 is 5.69 Å². The molecule has 0 fully saturated rings. The average Bonchev–Trinajstić information content (AvgIpc) is 2.57. The third-order valence-corrected chi connectivity index (χ3v) is 3.45. The maximum atomic E-state index is 12.0. The van der Waals surface area contributed by atoms with E-state index in [0.29, 0.717) is 4.47 Å². The summed E-state index contributed by atoms with van der Waals surface area (Å²) in [5.74, 6) is -1.47. The van der Waals surface area contributed by atoms with Crippen LogP contribution < -0.4 is 5.43 Å². The number of halogens is 1. The van der Waals surface area contributed by atoms with E-state index in [1.165, 1.54) is 30.3 Å². The van der Waals surface area contributed by atoms with E-state index < -0.39 is 32.9 Å². The Balaban J connectivity index is 2.24. The van der Waals surface area contributed by atoms with Crippen LogP contribution in [0.5, 0.6) is 5.75 Å². The molecule has 0 bridgehead atoms. The fourth-order valence-electron chi connectivity index (χ4n) is 1.89. The zero-order valence-electron chi connectivity index (χ0n) is 12.2. The van der Waals surface area contributed by atoms with Crippen LogP contribution in [0.2, 0.25) is 0 Å². The summed E-state index contributed by atoms with van der Waals surface area (Å²) in [5, 5.41) is 35.1. The number of hydrogen-bond donors (Lipinski definition) is 2. The number of nitro benzene ring substituents is 2. The largest absolute Gasteiger partial charge is 0.502 e. The summed E-state index contributed by atoms with van der Waals surface area (Å²) in [7, 11) is 0. The van der Waals surface area contributed by atoms with Crippen LogP contribution in [0.25, 0.3) is 0 Å². The minimum atomic E-state index is -0.840. The molecule has 11 heteroatoms. The van der Waals surface area contributed by atoms with Gasteiger partial charge in [0.2, 0.25) is 5.75 Å². The van der Waals surface area contributed by atoms with E-state index in [9.17, 15) is 30.1 Å². The van der Waals surface area contributed by atoms with Crippen molar-refractivity contribution in [1.29, 1.82) is 0 Å². The van der Waals surface area contributed by atoms with Crippen LogP contribution >= 0.6 is 15.9 Å². The van der Waals surface area contributed by atoms with Crippen molar-refractivity contribution in [3.8, 4) is 5.75 Å². The summed E-state index contributed by atoms with van der Waals surface area (Å²) in [4.78, 5) is 32.2. The van der Waals surface area contributed by atoms with Crippen LogP contribution in [0, 0.1) is 20.2 Å². The van der Waals surface area contributed by atoms with Crippen molar-refractivity contribution in [3.63, 3.8) is 0 Å². The van der Waals surface area contributed by atoms with E-state index in [4.69, 9.17) is 0 Å². The molecule has 10 nitrogen and oxygen atoms in total. The number of nitrogens with one attached hydrogen (secondary N) is 1. The van der Waals surface area contributed by atoms with E-state index in [1.54, 1.807) is 0 Å². The number of benzene rings is 2. The average molecular weight is 409 g/mol. The number of phenolic OH excluding ortho intramolecular Hbond substituents is 1. The Bertz CT molecular complexity index is 899. The van der Waals surface area contributed by atoms with Gasteiger partial charge in [0.05, 0.1) is 16.1 Å². The van der Waals surface area contributed by atoms with Gasteiger partial charge in [0.25, 0.3) is 11.6 Å². The molecule has 25 heavy (non-hydrogen) atoms. The van der Waals surface area contributed by atoms with Gasteiger partial charge in [0, 0.05) is 22.2 Å². The molecule has 2 aromatic carbocycles. The second kappa shape index (κ2) is 7.49. The Morgan fingerprint density at radius 3 is 2.44 bits per heavy atom. The molecular formula is C14H9BrN4O6. The van der Waals surface area contributed by atoms with Crippen LogP contribution in [-0.2, 0) is 0 Å². The lowest BCUT2D eigenvalue weighted by atomic mass is 10.2. The highest BCUT2D eigenvalue weighted by atomic mass is 79.9. The smallest absolute Gasteiger partial charge is 0.312 e. The van der Waals surface area contributed by atoms with E-state index in [-0.39, 0.29) is 11.1 Å². The van der Waals surface area contributed by atoms with Gasteiger partial charge in [0.1, 0.15) is 5.56 Å². The minimum Gasteiger partial charge on any atom is -0.502 e. The number of carbonyl (C=O) groups is 1. The van der Waals surface area contributed by atoms with E-state index in [0.717, 1.165) is 12.3 Å². The highest BCUT2D eigenvalue weighted by Gasteiger charge is 2.19. The van der Waals surface area contributed by atoms with Gasteiger partial charge in [0.15, 0.2) is 0 Å². The number of aromatic hydroxyl groups is 1. The zero-order valence-corrected chi connectivity index (χ0v) is 13.8. The second-order valence-corrected chi connectivity index (χ2v) is 5.51. The van der Waals surface area contributed by atoms with Crippen LogP contribution in [0.1, 0.15) is 15.9 Å². The number of hydrogen-bond acceptors (Lipinski definition) is 7. The predicted molar refractivity (Wildman–Crippen MR) is 90.6 cm³/mol. The molecule has 2 rings (SSSR count). The first-order chi connectivity index (χ1) is 11.8. The summed E-state index contributed by atoms with van der Waals surface area (Å²) >= 11 is 3.06. The molecule has 0 aromatic heterocycles. The predicted octanol–water partition coefficient (Wildman–Crippen LogP) is 2.74. The number of carbonyl (C=O) groups excluding carboxylic acids is 1. The Hall–Kier alpha value is -3.34. The molecule has 0 aliphatic carbocycles. The quantitative estimate of drug-likeness (QED) is 0.441. The topological polar surface area (TPSA) is 148 Å². The summed E-state index contributed by atoms with van der Waals surface area (Å²) in [6, 6.07) is 7.75. The first-order valence-corrected chi connectivity index (χ1v) is 7.34. The Kier molecular flexibility index (Phi) is 5.39. The van der Waals surface area contributed by atoms with Crippen molar-refractivity contribution in [2.24, 2.45) is 5.10 Å². The van der Waals surface area contributed by atoms with Gasteiger partial charge in [-0.2, -0.15) is 5.10 Å². The first kappa shape index (κ1) is 18.0. The number of nitro groups is 2. The lowest BCUT2D eigenvalue weighted by molar-refractivity contribution is -0.386. The fraction of sp³-hybridized carbons (Fsp3) is 0. The van der Waals surface area contributed by atoms with E-state index in [1.807, 2.05) is 0 Å². The van der Waals surface area contributed by atoms with Gasteiger partial charge in [-0.25, -0.2) is 5.43 Å². The van der Waals surface area contributed by atoms with Crippen molar-refractivity contribution in [2.45, 2.75) is 0 Å². The molecule has 0 saturated carbocycles. The van der Waals surface area contributed by atoms with E-state index in [2.05, 4.69) is 26.5 Å². The molecule has 2 aromatic rings. The van der Waals surface area contributed by atoms with Crippen molar-refractivity contribution < 1.29 is 19.7 Å². The molecule has 0 aliphatic rings. The number of rotatable bonds is 5. The molecule has 0 unspecified atom stereocenters. The molecule has 0 spiro atoms. The maximum Gasteiger partial charge on any atom is 0.312 e. The van der Waals surface area contributed by atoms with Crippen molar-refractivity contribution in [2.75, 3.05) is 0 Å². The molecule has 0 radical (unpaired) electrons. The lowest BCUT2D eigenvalue weighted by Gasteiger charge is -2.03. The Labute approximate surface area is 148 Å². The second-order valence-electron chi connectivity index (χ2n) is 4.59. The number of amides is 1. The molecule has 0 aliphatic heterocycles. The molecule has 2 N–H and O–H groups in total. The van der Waals surface area contributed by atoms with Gasteiger partial charge in [-0.05, 0) is 12.1 Å². The van der Waals surface area contributed by atoms with E-state index >= 15 is 0 Å². The van der Waals surface area contributed by atoms with Crippen molar-refractivity contribution in [1.82, 2.24) is 5.43 Å². The first-order valence-electron chi connectivity index (χ1n) is 6.55. The van der Waals surface area contributed by atoms with Crippen LogP contribution in [-0.4, -0.2) is 27.1 Å². The number of hydrazone groups is 1. The third-order valence-electron chi connectivity index (χ3n) is 3.00. The van der Waals surface area contributed by atoms with Gasteiger partial charge in [-0.1, -0.05) is 28.1 Å². The highest BCUT2D eigenvalue weighted by molar-refractivity contribution is 9.10. The summed E-state index contributed by atoms with van der Waals surface area (Å²) in [5.41, 5.74) is 0.910. The molecule has 0 heterocycles. The molecule has 0 atom stereocenters. The SMILES string of the molecule is O=C(NN=Cc1cc(Br)cc([N+](=O)[O-])c1O)c1ccccc1[N+](=O)[O-]. The van der Waals surface area contributed by atoms with Crippen LogP contribution in [0.15, 0.2) is 46.0 Å². The summed E-state index contributed by atoms with van der Waals surface area (Å²) in [6.07, 6.45) is 0.986. The van der Waals surface area contributed by atoms with Gasteiger partial charge in [-0.15, -0.1) is 0 Å². The fourth-order valence-corrected chi connectivity index (χ4v) is 2.35. The third kappa shape index (κ3) is 4.14. The summed E-state index contributed by atoms with van der Waals surface area (Å²) < 4.78 is 0.323. The molecule has 1 amide bonds.